The van der Waals surface area contributed by atoms with E-state index < -0.39 is 0 Å². The first-order valence-electron chi connectivity index (χ1n) is 4.35. The Morgan fingerprint density at radius 1 is 1.54 bits per heavy atom. The highest BCUT2D eigenvalue weighted by Crippen LogP contribution is 2.30. The number of nitrogens with two attached hydrogens (primary N) is 1. The lowest BCUT2D eigenvalue weighted by atomic mass is 10.3. The predicted molar refractivity (Wildman–Crippen MR) is 69.2 cm³/mol. The normalized spacial score (nSPS) is 12.8. The summed E-state index contributed by atoms with van der Waals surface area (Å²) in [6.45, 7) is 4.46. The zero-order valence-electron chi connectivity index (χ0n) is 7.88. The zero-order valence-corrected chi connectivity index (χ0v) is 10.9. The number of hydrogen-bond acceptors (Lipinski definition) is 2. The third kappa shape index (κ3) is 3.38. The second-order valence-electron chi connectivity index (χ2n) is 3.03. The first-order valence-corrected chi connectivity index (χ1v) is 6.31. The van der Waals surface area contributed by atoms with E-state index >= 15 is 0 Å². The smallest absolute Gasteiger partial charge is 0.0325 e. The third-order valence-electron chi connectivity index (χ3n) is 1.86. The summed E-state index contributed by atoms with van der Waals surface area (Å²) >= 11 is 4.25. The summed E-state index contributed by atoms with van der Waals surface area (Å²) in [5.74, 6) is 0. The number of nitrogen functional groups attached to an aromatic ring is 1. The maximum Gasteiger partial charge on any atom is 0.0325 e. The Bertz CT molecular complexity index is 288. The number of anilines is 1. The van der Waals surface area contributed by atoms with E-state index in [2.05, 4.69) is 42.5 Å². The van der Waals surface area contributed by atoms with Gasteiger partial charge in [-0.25, -0.2) is 0 Å². The first kappa shape index (κ1) is 11.2. The number of benzene rings is 1. The molecule has 0 saturated heterocycles. The van der Waals surface area contributed by atoms with E-state index in [0.717, 1.165) is 5.69 Å². The van der Waals surface area contributed by atoms with Crippen molar-refractivity contribution >= 4 is 40.0 Å². The summed E-state index contributed by atoms with van der Waals surface area (Å²) in [7, 11) is 0. The van der Waals surface area contributed by atoms with E-state index in [9.17, 15) is 0 Å². The van der Waals surface area contributed by atoms with Gasteiger partial charge in [-0.3, -0.25) is 0 Å². The molecule has 0 radical (unpaired) electrons. The van der Waals surface area contributed by atoms with Crippen molar-refractivity contribution in [2.24, 2.45) is 0 Å². The summed E-state index contributed by atoms with van der Waals surface area (Å²) in [6.07, 6.45) is 1.20. The quantitative estimate of drug-likeness (QED) is 0.523. The molecule has 2 N–H and O–H groups in total. The average molecular weight is 307 g/mol. The molecule has 0 aromatic heterocycles. The molecule has 1 nitrogen and oxygen atoms in total. The molecule has 0 amide bonds. The van der Waals surface area contributed by atoms with Crippen molar-refractivity contribution < 1.29 is 0 Å². The minimum Gasteiger partial charge on any atom is -0.399 e. The largest absolute Gasteiger partial charge is 0.399 e. The summed E-state index contributed by atoms with van der Waals surface area (Å²) < 4.78 is 1.25. The van der Waals surface area contributed by atoms with Gasteiger partial charge in [-0.05, 0) is 47.2 Å². The number of hydrogen-bond donors (Lipinski definition) is 1. The van der Waals surface area contributed by atoms with Gasteiger partial charge in [0, 0.05) is 19.4 Å². The number of halogens is 1. The van der Waals surface area contributed by atoms with Crippen molar-refractivity contribution in [3.63, 3.8) is 0 Å². The standard InChI is InChI=1S/C10H14INS/c1-3-7(2)13-10-5-4-8(12)6-9(10)11/h4-7H,3,12H2,1-2H3. The highest BCUT2D eigenvalue weighted by atomic mass is 127. The Balaban J connectivity index is 2.77. The van der Waals surface area contributed by atoms with E-state index in [-0.39, 0.29) is 0 Å². The van der Waals surface area contributed by atoms with Gasteiger partial charge in [0.2, 0.25) is 0 Å². The Morgan fingerprint density at radius 2 is 2.23 bits per heavy atom. The van der Waals surface area contributed by atoms with Gasteiger partial charge in [0.05, 0.1) is 0 Å². The van der Waals surface area contributed by atoms with Crippen molar-refractivity contribution in [2.75, 3.05) is 5.73 Å². The molecule has 0 fully saturated rings. The van der Waals surface area contributed by atoms with Crippen LogP contribution in [0.15, 0.2) is 23.1 Å². The molecule has 3 heteroatoms. The van der Waals surface area contributed by atoms with Crippen LogP contribution in [0.5, 0.6) is 0 Å². The van der Waals surface area contributed by atoms with Crippen molar-refractivity contribution in [3.8, 4) is 0 Å². The van der Waals surface area contributed by atoms with Crippen LogP contribution in [-0.4, -0.2) is 5.25 Å². The lowest BCUT2D eigenvalue weighted by Crippen LogP contribution is -1.94. The molecule has 0 saturated carbocycles. The SMILES string of the molecule is CCC(C)Sc1ccc(N)cc1I. The highest BCUT2D eigenvalue weighted by Gasteiger charge is 2.05. The highest BCUT2D eigenvalue weighted by molar-refractivity contribution is 14.1. The van der Waals surface area contributed by atoms with Crippen LogP contribution in [0.3, 0.4) is 0 Å². The number of thioether (sulfide) groups is 1. The van der Waals surface area contributed by atoms with Crippen LogP contribution >= 0.6 is 34.4 Å². The lowest BCUT2D eigenvalue weighted by Gasteiger charge is -2.09. The van der Waals surface area contributed by atoms with Gasteiger partial charge in [-0.15, -0.1) is 11.8 Å². The molecule has 0 aliphatic rings. The molecule has 0 aliphatic carbocycles. The first-order chi connectivity index (χ1) is 6.13. The van der Waals surface area contributed by atoms with Crippen molar-refractivity contribution in [2.45, 2.75) is 30.4 Å². The Morgan fingerprint density at radius 3 is 2.77 bits per heavy atom. The molecule has 0 bridgehead atoms. The van der Waals surface area contributed by atoms with E-state index in [4.69, 9.17) is 5.73 Å². The van der Waals surface area contributed by atoms with Crippen LogP contribution in [0.2, 0.25) is 0 Å². The monoisotopic (exact) mass is 307 g/mol. The second kappa shape index (κ2) is 5.10. The molecule has 1 atom stereocenters. The van der Waals surface area contributed by atoms with Gasteiger partial charge < -0.3 is 5.73 Å². The molecular formula is C10H14INS. The lowest BCUT2D eigenvalue weighted by molar-refractivity contribution is 0.905. The summed E-state index contributed by atoms with van der Waals surface area (Å²) in [5.41, 5.74) is 6.52. The molecule has 1 rings (SSSR count). The molecular weight excluding hydrogens is 293 g/mol. The summed E-state index contributed by atoms with van der Waals surface area (Å²) in [5, 5.41) is 0.678. The van der Waals surface area contributed by atoms with Gasteiger partial charge in [-0.1, -0.05) is 13.8 Å². The molecule has 0 aliphatic heterocycles. The fraction of sp³-hybridized carbons (Fsp3) is 0.400. The predicted octanol–water partition coefficient (Wildman–Crippen LogP) is 3.76. The topological polar surface area (TPSA) is 26.0 Å². The molecule has 0 heterocycles. The third-order valence-corrected chi connectivity index (χ3v) is 4.46. The van der Waals surface area contributed by atoms with Gasteiger partial charge in [0.15, 0.2) is 0 Å². The molecule has 1 unspecified atom stereocenters. The van der Waals surface area contributed by atoms with Crippen LogP contribution in [0.4, 0.5) is 5.69 Å². The molecule has 1 aromatic rings. The van der Waals surface area contributed by atoms with E-state index in [1.54, 1.807) is 0 Å². The van der Waals surface area contributed by atoms with Crippen molar-refractivity contribution in [1.29, 1.82) is 0 Å². The van der Waals surface area contributed by atoms with Crippen LogP contribution < -0.4 is 5.73 Å². The van der Waals surface area contributed by atoms with Gasteiger partial charge in [0.1, 0.15) is 0 Å². The van der Waals surface area contributed by atoms with Crippen LogP contribution in [-0.2, 0) is 0 Å². The fourth-order valence-corrected chi connectivity index (χ4v) is 2.75. The van der Waals surface area contributed by atoms with E-state index in [0.29, 0.717) is 5.25 Å². The van der Waals surface area contributed by atoms with E-state index in [1.807, 2.05) is 23.9 Å². The summed E-state index contributed by atoms with van der Waals surface area (Å²) in [6, 6.07) is 6.09. The Kier molecular flexibility index (Phi) is 4.38. The molecule has 1 aromatic carbocycles. The second-order valence-corrected chi connectivity index (χ2v) is 5.67. The Labute approximate surface area is 97.6 Å². The van der Waals surface area contributed by atoms with Gasteiger partial charge >= 0.3 is 0 Å². The van der Waals surface area contributed by atoms with Crippen LogP contribution in [0.25, 0.3) is 0 Å². The Hall–Kier alpha value is 0.100. The molecule has 0 spiro atoms. The molecule has 13 heavy (non-hydrogen) atoms. The van der Waals surface area contributed by atoms with Gasteiger partial charge in [-0.2, -0.15) is 0 Å². The van der Waals surface area contributed by atoms with Crippen molar-refractivity contribution in [3.05, 3.63) is 21.8 Å². The fourth-order valence-electron chi connectivity index (χ4n) is 0.913. The van der Waals surface area contributed by atoms with Crippen LogP contribution in [0, 0.1) is 3.57 Å². The zero-order chi connectivity index (χ0) is 9.84. The minimum absolute atomic E-state index is 0.678. The average Bonchev–Trinajstić information content (AvgIpc) is 2.09. The maximum atomic E-state index is 5.68. The van der Waals surface area contributed by atoms with E-state index in [1.165, 1.54) is 14.9 Å². The van der Waals surface area contributed by atoms with Crippen molar-refractivity contribution in [1.82, 2.24) is 0 Å². The molecule has 72 valence electrons. The minimum atomic E-state index is 0.678. The van der Waals surface area contributed by atoms with Crippen LogP contribution in [0.1, 0.15) is 20.3 Å². The van der Waals surface area contributed by atoms with Gasteiger partial charge in [0.25, 0.3) is 0 Å². The maximum absolute atomic E-state index is 5.68. The number of rotatable bonds is 3. The summed E-state index contributed by atoms with van der Waals surface area (Å²) in [4.78, 5) is 1.34.